The molecule has 2 aromatic rings. The number of hydrogen-bond acceptors (Lipinski definition) is 4. The Morgan fingerprint density at radius 1 is 1.05 bits per heavy atom. The van der Waals surface area contributed by atoms with Gasteiger partial charge in [-0.3, -0.25) is 4.98 Å². The Hall–Kier alpha value is -1.65. The van der Waals surface area contributed by atoms with Crippen LogP contribution in [0.1, 0.15) is 19.8 Å². The fourth-order valence-electron chi connectivity index (χ4n) is 2.79. The van der Waals surface area contributed by atoms with E-state index in [0.717, 1.165) is 44.5 Å². The first kappa shape index (κ1) is 16.7. The largest absolute Gasteiger partial charge is 0.395 e. The van der Waals surface area contributed by atoms with Crippen LogP contribution in [0.15, 0.2) is 36.5 Å². The van der Waals surface area contributed by atoms with Crippen LogP contribution in [0.4, 0.5) is 5.69 Å². The number of aliphatic hydroxyl groups excluding tert-OH is 1. The normalized spacial score (nSPS) is 11.3. The lowest BCUT2D eigenvalue weighted by Gasteiger charge is -2.22. The van der Waals surface area contributed by atoms with E-state index < -0.39 is 0 Å². The van der Waals surface area contributed by atoms with Gasteiger partial charge in [-0.2, -0.15) is 0 Å². The number of hydrogen-bond donors (Lipinski definition) is 1. The van der Waals surface area contributed by atoms with Crippen LogP contribution in [0.5, 0.6) is 0 Å². The van der Waals surface area contributed by atoms with Crippen LogP contribution in [-0.2, 0) is 0 Å². The monoisotopic (exact) mass is 301 g/mol. The summed E-state index contributed by atoms with van der Waals surface area (Å²) in [5, 5.41) is 10.2. The molecule has 0 aliphatic heterocycles. The van der Waals surface area contributed by atoms with Crippen molar-refractivity contribution in [2.24, 2.45) is 0 Å². The summed E-state index contributed by atoms with van der Waals surface area (Å²) in [7, 11) is 2.15. The van der Waals surface area contributed by atoms with Gasteiger partial charge in [-0.15, -0.1) is 0 Å². The molecule has 0 fully saturated rings. The molecule has 1 aromatic heterocycles. The maximum absolute atomic E-state index is 9.01. The first-order chi connectivity index (χ1) is 10.8. The van der Waals surface area contributed by atoms with Crippen LogP contribution in [-0.4, -0.2) is 54.8 Å². The zero-order valence-corrected chi connectivity index (χ0v) is 13.7. The molecular formula is C18H27N3O. The van der Waals surface area contributed by atoms with Crippen LogP contribution in [0.3, 0.4) is 0 Å². The summed E-state index contributed by atoms with van der Waals surface area (Å²) in [4.78, 5) is 9.02. The number of para-hydroxylation sites is 1. The molecule has 1 aromatic carbocycles. The molecule has 0 atom stereocenters. The Labute approximate surface area is 133 Å². The van der Waals surface area contributed by atoms with Gasteiger partial charge < -0.3 is 14.9 Å². The Bertz CT molecular complexity index is 568. The van der Waals surface area contributed by atoms with Gasteiger partial charge in [0.1, 0.15) is 0 Å². The number of fused-ring (bicyclic) bond motifs is 1. The third kappa shape index (κ3) is 4.42. The minimum atomic E-state index is 0.247. The molecule has 2 rings (SSSR count). The van der Waals surface area contributed by atoms with Crippen molar-refractivity contribution < 1.29 is 5.11 Å². The molecule has 1 heterocycles. The predicted octanol–water partition coefficient (Wildman–Crippen LogP) is 2.77. The molecule has 0 bridgehead atoms. The van der Waals surface area contributed by atoms with E-state index in [-0.39, 0.29) is 6.61 Å². The molecular weight excluding hydrogens is 274 g/mol. The summed E-state index contributed by atoms with van der Waals surface area (Å²) in [6, 6.07) is 10.4. The molecule has 0 saturated carbocycles. The molecule has 0 amide bonds. The summed E-state index contributed by atoms with van der Waals surface area (Å²) in [5.41, 5.74) is 2.29. The van der Waals surface area contributed by atoms with Crippen molar-refractivity contribution in [3.05, 3.63) is 36.5 Å². The summed E-state index contributed by atoms with van der Waals surface area (Å²) in [5.74, 6) is 0. The zero-order chi connectivity index (χ0) is 15.8. The van der Waals surface area contributed by atoms with Crippen molar-refractivity contribution in [3.8, 4) is 0 Å². The number of aromatic nitrogens is 1. The lowest BCUT2D eigenvalue weighted by Crippen LogP contribution is -2.28. The minimum Gasteiger partial charge on any atom is -0.395 e. The van der Waals surface area contributed by atoms with Gasteiger partial charge in [0.25, 0.3) is 0 Å². The third-order valence-electron chi connectivity index (χ3n) is 4.12. The highest BCUT2D eigenvalue weighted by molar-refractivity contribution is 5.91. The van der Waals surface area contributed by atoms with Gasteiger partial charge in [-0.25, -0.2) is 0 Å². The first-order valence-electron chi connectivity index (χ1n) is 8.14. The number of nitrogens with zero attached hydrogens (tertiary/aromatic N) is 3. The van der Waals surface area contributed by atoms with Crippen molar-refractivity contribution in [2.75, 3.05) is 44.7 Å². The lowest BCUT2D eigenvalue weighted by atomic mass is 10.1. The van der Waals surface area contributed by atoms with E-state index in [1.165, 1.54) is 11.1 Å². The van der Waals surface area contributed by atoms with Crippen LogP contribution in [0.25, 0.3) is 10.9 Å². The van der Waals surface area contributed by atoms with Crippen LogP contribution < -0.4 is 4.90 Å². The first-order valence-corrected chi connectivity index (χ1v) is 8.14. The number of likely N-dealkylation sites (N-methyl/N-ethyl adjacent to an activating group) is 1. The van der Waals surface area contributed by atoms with E-state index in [4.69, 9.17) is 5.11 Å². The van der Waals surface area contributed by atoms with Gasteiger partial charge in [0.15, 0.2) is 0 Å². The maximum atomic E-state index is 9.01. The fourth-order valence-corrected chi connectivity index (χ4v) is 2.79. The molecule has 0 aliphatic carbocycles. The predicted molar refractivity (Wildman–Crippen MR) is 93.4 cm³/mol. The summed E-state index contributed by atoms with van der Waals surface area (Å²) < 4.78 is 0. The second-order valence-electron chi connectivity index (χ2n) is 5.63. The quantitative estimate of drug-likeness (QED) is 0.723. The van der Waals surface area contributed by atoms with E-state index in [2.05, 4.69) is 53.0 Å². The van der Waals surface area contributed by atoms with Crippen molar-refractivity contribution in [1.82, 2.24) is 9.88 Å². The summed E-state index contributed by atoms with van der Waals surface area (Å²) in [6.45, 7) is 6.26. The number of pyridine rings is 1. The van der Waals surface area contributed by atoms with Gasteiger partial charge >= 0.3 is 0 Å². The van der Waals surface area contributed by atoms with Crippen molar-refractivity contribution >= 4 is 16.6 Å². The Morgan fingerprint density at radius 3 is 2.59 bits per heavy atom. The van der Waals surface area contributed by atoms with E-state index >= 15 is 0 Å². The van der Waals surface area contributed by atoms with Gasteiger partial charge in [0, 0.05) is 37.4 Å². The zero-order valence-electron chi connectivity index (χ0n) is 13.7. The molecule has 22 heavy (non-hydrogen) atoms. The number of aliphatic hydroxyl groups is 1. The highest BCUT2D eigenvalue weighted by Crippen LogP contribution is 2.24. The molecule has 0 aliphatic rings. The van der Waals surface area contributed by atoms with E-state index in [1.807, 2.05) is 12.3 Å². The molecule has 1 N–H and O–H groups in total. The second kappa shape index (κ2) is 8.71. The second-order valence-corrected chi connectivity index (χ2v) is 5.63. The van der Waals surface area contributed by atoms with E-state index in [9.17, 15) is 0 Å². The van der Waals surface area contributed by atoms with Crippen LogP contribution in [0, 0.1) is 0 Å². The summed E-state index contributed by atoms with van der Waals surface area (Å²) in [6.07, 6.45) is 4.19. The van der Waals surface area contributed by atoms with Gasteiger partial charge in [0.2, 0.25) is 0 Å². The molecule has 0 unspecified atom stereocenters. The Morgan fingerprint density at radius 2 is 1.82 bits per heavy atom. The smallest absolute Gasteiger partial charge is 0.0722 e. The minimum absolute atomic E-state index is 0.247. The van der Waals surface area contributed by atoms with Crippen molar-refractivity contribution in [1.29, 1.82) is 0 Å². The molecule has 0 radical (unpaired) electrons. The van der Waals surface area contributed by atoms with Crippen LogP contribution in [0.2, 0.25) is 0 Å². The van der Waals surface area contributed by atoms with Crippen LogP contribution >= 0.6 is 0 Å². The van der Waals surface area contributed by atoms with Gasteiger partial charge in [0.05, 0.1) is 12.1 Å². The van der Waals surface area contributed by atoms with Crippen molar-refractivity contribution in [2.45, 2.75) is 19.8 Å². The average molecular weight is 301 g/mol. The Balaban J connectivity index is 1.88. The molecule has 4 heteroatoms. The van der Waals surface area contributed by atoms with Crippen molar-refractivity contribution in [3.63, 3.8) is 0 Å². The number of anilines is 1. The molecule has 4 nitrogen and oxygen atoms in total. The highest BCUT2D eigenvalue weighted by Gasteiger charge is 2.07. The summed E-state index contributed by atoms with van der Waals surface area (Å²) >= 11 is 0. The number of rotatable bonds is 9. The van der Waals surface area contributed by atoms with E-state index in [0.29, 0.717) is 0 Å². The fraction of sp³-hybridized carbons (Fsp3) is 0.500. The third-order valence-corrected chi connectivity index (χ3v) is 4.12. The average Bonchev–Trinajstić information content (AvgIpc) is 2.56. The topological polar surface area (TPSA) is 39.6 Å². The maximum Gasteiger partial charge on any atom is 0.0722 e. The SMILES string of the molecule is CCN(CCO)CCCCN(C)c1ccnc2ccccc12. The van der Waals surface area contributed by atoms with E-state index in [1.54, 1.807) is 0 Å². The highest BCUT2D eigenvalue weighted by atomic mass is 16.3. The van der Waals surface area contributed by atoms with Gasteiger partial charge in [-0.05, 0) is 38.1 Å². The van der Waals surface area contributed by atoms with Gasteiger partial charge in [-0.1, -0.05) is 25.1 Å². The Kier molecular flexibility index (Phi) is 6.62. The number of unbranched alkanes of at least 4 members (excludes halogenated alkanes) is 1. The molecule has 0 spiro atoms. The molecule has 120 valence electrons. The molecule has 0 saturated heterocycles. The lowest BCUT2D eigenvalue weighted by molar-refractivity contribution is 0.200. The standard InChI is InChI=1S/C18H27N3O/c1-3-21(14-15-22)13-7-6-12-20(2)18-10-11-19-17-9-5-4-8-16(17)18/h4-5,8-11,22H,3,6-7,12-15H2,1-2H3. The number of benzene rings is 1.